The first kappa shape index (κ1) is 58.1. The number of nitrogens with zero attached hydrogens (tertiary/aromatic N) is 5. The van der Waals surface area contributed by atoms with Gasteiger partial charge in [-0.1, -0.05) is 54.6 Å². The predicted molar refractivity (Wildman–Crippen MR) is 290 cm³/mol. The highest BCUT2D eigenvalue weighted by Crippen LogP contribution is 2.46. The molecular formula is C55H76Cl2N8O10. The number of methoxy groups -OCH3 is 2. The molecule has 20 heteroatoms. The maximum atomic E-state index is 12.8. The molecule has 0 radical (unpaired) electrons. The van der Waals surface area contributed by atoms with Crippen LogP contribution in [0.4, 0.5) is 17.1 Å². The number of hydrogen-bond donors (Lipinski definition) is 7. The Bertz CT molecular complexity index is 2500. The molecule has 2 saturated heterocycles. The number of aliphatic hydroxyl groups excluding tert-OH is 4. The van der Waals surface area contributed by atoms with Crippen LogP contribution in [0.15, 0.2) is 48.7 Å². The van der Waals surface area contributed by atoms with Gasteiger partial charge in [0.2, 0.25) is 5.91 Å². The van der Waals surface area contributed by atoms with Gasteiger partial charge in [0.05, 0.1) is 59.4 Å². The van der Waals surface area contributed by atoms with Gasteiger partial charge < -0.3 is 64.5 Å². The Hall–Kier alpha value is -4.59. The van der Waals surface area contributed by atoms with Crippen molar-refractivity contribution in [3.05, 3.63) is 75.4 Å². The van der Waals surface area contributed by atoms with Crippen LogP contribution in [0.3, 0.4) is 0 Å². The van der Waals surface area contributed by atoms with E-state index >= 15 is 0 Å². The largest absolute Gasteiger partial charge is 0.495 e. The Morgan fingerprint density at radius 1 is 0.747 bits per heavy atom. The van der Waals surface area contributed by atoms with Crippen molar-refractivity contribution >= 4 is 57.1 Å². The third-order valence-corrected chi connectivity index (χ3v) is 14.9. The smallest absolute Gasteiger partial charge is 0.224 e. The van der Waals surface area contributed by atoms with Crippen molar-refractivity contribution in [2.75, 3.05) is 97.2 Å². The molecule has 3 aromatic carbocycles. The molecule has 7 rings (SSSR count). The lowest BCUT2D eigenvalue weighted by Gasteiger charge is -2.40. The number of benzene rings is 3. The third kappa shape index (κ3) is 16.2. The number of carbonyl (C=O) groups is 1. The van der Waals surface area contributed by atoms with E-state index in [1.807, 2.05) is 12.1 Å². The summed E-state index contributed by atoms with van der Waals surface area (Å²) in [6, 6.07) is 13.7. The number of halogens is 2. The summed E-state index contributed by atoms with van der Waals surface area (Å²) in [6.07, 6.45) is 9.39. The average Bonchev–Trinajstić information content (AvgIpc) is 3.67. The monoisotopic (exact) mass is 1080 g/mol. The van der Waals surface area contributed by atoms with Crippen LogP contribution in [-0.4, -0.2) is 151 Å². The number of nitriles is 1. The quantitative estimate of drug-likeness (QED) is 0.0244. The van der Waals surface area contributed by atoms with Crippen LogP contribution in [0.5, 0.6) is 17.2 Å². The highest BCUT2D eigenvalue weighted by Gasteiger charge is 2.46. The Morgan fingerprint density at radius 2 is 1.40 bits per heavy atom. The molecule has 3 aliphatic rings. The average molecular weight is 1080 g/mol. The molecule has 5 atom stereocenters. The summed E-state index contributed by atoms with van der Waals surface area (Å²) < 4.78 is 29.1. The lowest BCUT2D eigenvalue weighted by Crippen LogP contribution is -2.57. The zero-order valence-corrected chi connectivity index (χ0v) is 44.9. The van der Waals surface area contributed by atoms with Crippen LogP contribution in [0.2, 0.25) is 10.0 Å². The van der Waals surface area contributed by atoms with Crippen LogP contribution >= 0.6 is 23.2 Å². The van der Waals surface area contributed by atoms with Crippen LogP contribution in [0.25, 0.3) is 10.9 Å². The molecule has 75 heavy (non-hydrogen) atoms. The standard InChI is InChI=1S/C55H76Cl2N8O10/c1-71-46-34-44(40(56)32-41(46)57)61-52-37(35-58)36-59-43-33-48(47(72-2)31-39(43)52)75-30-14-21-64-24-22-63(23-25-64)20-8-3-4-9-26-73-28-11-6-12-29-74-27-10-5-7-17-49(66)60-42-16-13-15-38-51(42)55(70)65(54(38)69)45-18-19-50(67)62-53(45)68/h13,15-16,31-34,36,45,50,53-55,62,67-70H,3-12,14,17-30H2,1-2H3,(H,59,61)(H,60,66). The van der Waals surface area contributed by atoms with Gasteiger partial charge >= 0.3 is 0 Å². The number of hydrogen-bond acceptors (Lipinski definition) is 17. The van der Waals surface area contributed by atoms with Crippen molar-refractivity contribution < 1.29 is 48.9 Å². The molecule has 7 N–H and O–H groups in total. The lowest BCUT2D eigenvalue weighted by molar-refractivity contribution is -0.158. The molecule has 4 aromatic rings. The number of ether oxygens (including phenoxy) is 5. The van der Waals surface area contributed by atoms with E-state index in [9.17, 15) is 30.5 Å². The van der Waals surface area contributed by atoms with Gasteiger partial charge in [0.1, 0.15) is 36.7 Å². The number of piperidine rings is 1. The zero-order chi connectivity index (χ0) is 53.1. The van der Waals surface area contributed by atoms with Gasteiger partial charge in [0.25, 0.3) is 0 Å². The second-order valence-electron chi connectivity index (χ2n) is 19.5. The van der Waals surface area contributed by atoms with Gasteiger partial charge in [-0.05, 0) is 89.0 Å². The van der Waals surface area contributed by atoms with E-state index < -0.39 is 31.0 Å². The molecule has 18 nitrogen and oxygen atoms in total. The Kier molecular flexibility index (Phi) is 23.1. The molecule has 0 bridgehead atoms. The van der Waals surface area contributed by atoms with Crippen molar-refractivity contribution in [1.82, 2.24) is 25.0 Å². The third-order valence-electron chi connectivity index (χ3n) is 14.3. The number of anilines is 3. The minimum atomic E-state index is -1.22. The summed E-state index contributed by atoms with van der Waals surface area (Å²) in [7, 11) is 3.12. The molecule has 0 saturated carbocycles. The first-order chi connectivity index (χ1) is 36.5. The van der Waals surface area contributed by atoms with E-state index in [1.54, 1.807) is 37.4 Å². The molecular weight excluding hydrogens is 1000 g/mol. The second kappa shape index (κ2) is 29.8. The number of piperazine rings is 1. The van der Waals surface area contributed by atoms with Crippen molar-refractivity contribution in [2.45, 2.75) is 121 Å². The van der Waals surface area contributed by atoms with Crippen molar-refractivity contribution in [3.8, 4) is 23.3 Å². The Balaban J connectivity index is 0.656. The zero-order valence-electron chi connectivity index (χ0n) is 43.4. The molecule has 3 aliphatic heterocycles. The normalized spacial score (nSPS) is 20.2. The number of unbranched alkanes of at least 4 members (excludes halogenated alkanes) is 7. The number of amides is 1. The lowest BCUT2D eigenvalue weighted by atomic mass is 10.0. The number of pyridine rings is 1. The fourth-order valence-corrected chi connectivity index (χ4v) is 10.6. The molecule has 0 spiro atoms. The number of rotatable bonds is 30. The fraction of sp³-hybridized carbons (Fsp3) is 0.582. The number of aromatic nitrogens is 1. The molecule has 0 aliphatic carbocycles. The van der Waals surface area contributed by atoms with Crippen molar-refractivity contribution in [1.29, 1.82) is 5.26 Å². The van der Waals surface area contributed by atoms with E-state index in [0.717, 1.165) is 104 Å². The van der Waals surface area contributed by atoms with Gasteiger partial charge in [-0.2, -0.15) is 5.26 Å². The summed E-state index contributed by atoms with van der Waals surface area (Å²) in [5.74, 6) is 1.41. The van der Waals surface area contributed by atoms with Gasteiger partial charge in [-0.15, -0.1) is 0 Å². The van der Waals surface area contributed by atoms with Gasteiger partial charge in [-0.25, -0.2) is 4.90 Å². The highest BCUT2D eigenvalue weighted by atomic mass is 35.5. The highest BCUT2D eigenvalue weighted by molar-refractivity contribution is 6.37. The minimum absolute atomic E-state index is 0.164. The van der Waals surface area contributed by atoms with E-state index in [0.29, 0.717) is 111 Å². The topological polar surface area (TPSA) is 227 Å². The molecule has 2 fully saturated rings. The predicted octanol–water partition coefficient (Wildman–Crippen LogP) is 8.21. The summed E-state index contributed by atoms with van der Waals surface area (Å²) in [5.41, 5.74) is 3.40. The van der Waals surface area contributed by atoms with Gasteiger partial charge in [0, 0.05) is 106 Å². The molecule has 1 amide bonds. The van der Waals surface area contributed by atoms with Crippen LogP contribution in [-0.2, 0) is 14.3 Å². The summed E-state index contributed by atoms with van der Waals surface area (Å²) in [4.78, 5) is 23.9. The van der Waals surface area contributed by atoms with E-state index in [2.05, 4.69) is 36.8 Å². The minimum Gasteiger partial charge on any atom is -0.495 e. The number of nitrogens with one attached hydrogen (secondary N) is 3. The summed E-state index contributed by atoms with van der Waals surface area (Å²) >= 11 is 12.8. The maximum absolute atomic E-state index is 12.8. The van der Waals surface area contributed by atoms with Crippen LogP contribution < -0.4 is 30.2 Å². The van der Waals surface area contributed by atoms with Crippen molar-refractivity contribution in [2.24, 2.45) is 0 Å². The molecule has 4 heterocycles. The number of carbonyl (C=O) groups excluding carboxylic acids is 1. The summed E-state index contributed by atoms with van der Waals surface area (Å²) in [5, 5.41) is 62.7. The second-order valence-corrected chi connectivity index (χ2v) is 20.3. The Morgan fingerprint density at radius 3 is 2.07 bits per heavy atom. The number of aliphatic hydroxyl groups is 4. The SMILES string of the molecule is COc1cc(Nc2c(C#N)cnc3cc(OCCCN4CCN(CCCCCCOCCCCCOCCCCCC(=O)Nc5cccc6c5C(O)N(C5CCC(O)NC5O)C6O)CC4)c(OC)cc23)c(Cl)cc1Cl. The van der Waals surface area contributed by atoms with Crippen LogP contribution in [0.1, 0.15) is 119 Å². The van der Waals surface area contributed by atoms with E-state index in [-0.39, 0.29) is 5.91 Å². The van der Waals surface area contributed by atoms with Gasteiger partial charge in [0.15, 0.2) is 11.5 Å². The van der Waals surface area contributed by atoms with Gasteiger partial charge in [-0.3, -0.25) is 15.1 Å². The maximum Gasteiger partial charge on any atom is 0.224 e. The number of fused-ring (bicyclic) bond motifs is 2. The molecule has 5 unspecified atom stereocenters. The van der Waals surface area contributed by atoms with Crippen molar-refractivity contribution in [3.63, 3.8) is 0 Å². The van der Waals surface area contributed by atoms with Crippen LogP contribution in [0, 0.1) is 11.3 Å². The fourth-order valence-electron chi connectivity index (χ4n) is 10.1. The molecule has 410 valence electrons. The summed E-state index contributed by atoms with van der Waals surface area (Å²) in [6.45, 7) is 9.86. The first-order valence-electron chi connectivity index (χ1n) is 26.6. The Labute approximate surface area is 451 Å². The van der Waals surface area contributed by atoms with E-state index in [4.69, 9.17) is 46.9 Å². The van der Waals surface area contributed by atoms with E-state index in [1.165, 1.54) is 37.5 Å². The molecule has 1 aromatic heterocycles. The first-order valence-corrected chi connectivity index (χ1v) is 27.4.